The quantitative estimate of drug-likeness (QED) is 0.885. The highest BCUT2D eigenvalue weighted by Gasteiger charge is 2.29. The molecule has 3 heterocycles. The smallest absolute Gasteiger partial charge is 0.223 e. The molecule has 0 aliphatic carbocycles. The molecule has 1 aliphatic rings. The summed E-state index contributed by atoms with van der Waals surface area (Å²) in [6.07, 6.45) is 5.32. The summed E-state index contributed by atoms with van der Waals surface area (Å²) in [5, 5.41) is 6.87. The molecule has 0 bridgehead atoms. The van der Waals surface area contributed by atoms with Gasteiger partial charge in [-0.2, -0.15) is 5.10 Å². The van der Waals surface area contributed by atoms with Crippen LogP contribution in [0.2, 0.25) is 0 Å². The second kappa shape index (κ2) is 5.40. The normalized spacial score (nSPS) is 18.6. The van der Waals surface area contributed by atoms with Crippen LogP contribution in [0.3, 0.4) is 0 Å². The second-order valence-corrected chi connectivity index (χ2v) is 5.14. The summed E-state index contributed by atoms with van der Waals surface area (Å²) in [4.78, 5) is 14.1. The van der Waals surface area contributed by atoms with Crippen LogP contribution in [0.5, 0.6) is 0 Å². The molecule has 1 atom stereocenters. The highest BCUT2D eigenvalue weighted by molar-refractivity contribution is 5.76. The minimum absolute atomic E-state index is 0.169. The summed E-state index contributed by atoms with van der Waals surface area (Å²) in [6.45, 7) is 1.49. The zero-order valence-corrected chi connectivity index (χ0v) is 11.2. The molecule has 0 saturated carbocycles. The fourth-order valence-corrected chi connectivity index (χ4v) is 2.70. The minimum atomic E-state index is 0.169. The van der Waals surface area contributed by atoms with Gasteiger partial charge in [-0.1, -0.05) is 0 Å². The number of aromatic amines is 1. The maximum atomic E-state index is 12.2. The van der Waals surface area contributed by atoms with Crippen molar-refractivity contribution in [1.82, 2.24) is 15.1 Å². The molecular weight excluding hydrogens is 256 g/mol. The number of likely N-dealkylation sites (tertiary alicyclic amines) is 1. The molecule has 3 N–H and O–H groups in total. The number of hydrogen-bond donors (Lipinski definition) is 2. The van der Waals surface area contributed by atoms with E-state index in [9.17, 15) is 4.79 Å². The van der Waals surface area contributed by atoms with Crippen molar-refractivity contribution in [3.8, 4) is 0 Å². The lowest BCUT2D eigenvalue weighted by atomic mass is 10.0. The van der Waals surface area contributed by atoms with Gasteiger partial charge in [-0.25, -0.2) is 0 Å². The number of carbonyl (C=O) groups excluding carboxylic acids is 1. The number of anilines is 1. The van der Waals surface area contributed by atoms with Crippen molar-refractivity contribution in [1.29, 1.82) is 0 Å². The average Bonchev–Trinajstić information content (AvgIpc) is 3.16. The number of rotatable bonds is 4. The van der Waals surface area contributed by atoms with Crippen molar-refractivity contribution < 1.29 is 9.21 Å². The zero-order chi connectivity index (χ0) is 13.9. The maximum absolute atomic E-state index is 12.2. The van der Waals surface area contributed by atoms with Crippen molar-refractivity contribution in [2.75, 3.05) is 18.8 Å². The Hall–Kier alpha value is -2.24. The van der Waals surface area contributed by atoms with E-state index in [-0.39, 0.29) is 11.8 Å². The molecule has 1 saturated heterocycles. The molecule has 1 fully saturated rings. The monoisotopic (exact) mass is 274 g/mol. The summed E-state index contributed by atoms with van der Waals surface area (Å²) < 4.78 is 5.24. The second-order valence-electron chi connectivity index (χ2n) is 5.14. The maximum Gasteiger partial charge on any atom is 0.223 e. The fourth-order valence-electron chi connectivity index (χ4n) is 2.70. The highest BCUT2D eigenvalue weighted by Crippen LogP contribution is 2.29. The van der Waals surface area contributed by atoms with E-state index in [0.717, 1.165) is 24.4 Å². The molecule has 6 nitrogen and oxygen atoms in total. The Morgan fingerprint density at radius 1 is 1.60 bits per heavy atom. The number of nitrogen functional groups attached to an aromatic ring is 1. The van der Waals surface area contributed by atoms with E-state index in [0.29, 0.717) is 25.1 Å². The molecule has 3 rings (SSSR count). The number of nitrogens with one attached hydrogen (secondary N) is 1. The van der Waals surface area contributed by atoms with E-state index < -0.39 is 0 Å². The van der Waals surface area contributed by atoms with Gasteiger partial charge >= 0.3 is 0 Å². The lowest BCUT2D eigenvalue weighted by Crippen LogP contribution is -2.28. The predicted molar refractivity (Wildman–Crippen MR) is 74.0 cm³/mol. The lowest BCUT2D eigenvalue weighted by molar-refractivity contribution is -0.130. The topological polar surface area (TPSA) is 88.1 Å². The van der Waals surface area contributed by atoms with Gasteiger partial charge in [0.1, 0.15) is 5.76 Å². The van der Waals surface area contributed by atoms with E-state index in [1.165, 1.54) is 0 Å². The Labute approximate surface area is 116 Å². The number of aryl methyl sites for hydroxylation is 1. The minimum Gasteiger partial charge on any atom is -0.469 e. The van der Waals surface area contributed by atoms with Crippen molar-refractivity contribution >= 4 is 11.6 Å². The molecule has 1 aliphatic heterocycles. The molecule has 6 heteroatoms. The van der Waals surface area contributed by atoms with Crippen molar-refractivity contribution in [2.24, 2.45) is 0 Å². The average molecular weight is 274 g/mol. The largest absolute Gasteiger partial charge is 0.469 e. The molecule has 0 spiro atoms. The number of carbonyl (C=O) groups is 1. The van der Waals surface area contributed by atoms with Gasteiger partial charge in [-0.05, 0) is 18.6 Å². The Bertz CT molecular complexity index is 576. The predicted octanol–water partition coefficient (Wildman–Crippen LogP) is 1.53. The third kappa shape index (κ3) is 2.54. The first-order chi connectivity index (χ1) is 9.74. The first-order valence-corrected chi connectivity index (χ1v) is 6.83. The van der Waals surface area contributed by atoms with Crippen molar-refractivity contribution in [2.45, 2.75) is 25.2 Å². The summed E-state index contributed by atoms with van der Waals surface area (Å²) >= 11 is 0. The molecule has 0 aromatic carbocycles. The van der Waals surface area contributed by atoms with E-state index in [1.54, 1.807) is 12.5 Å². The van der Waals surface area contributed by atoms with Gasteiger partial charge in [-0.15, -0.1) is 0 Å². The lowest BCUT2D eigenvalue weighted by Gasteiger charge is -2.16. The number of nitrogens with zero attached hydrogens (tertiary/aromatic N) is 2. The van der Waals surface area contributed by atoms with Crippen LogP contribution in [0, 0.1) is 0 Å². The molecule has 2 aromatic heterocycles. The summed E-state index contributed by atoms with van der Waals surface area (Å²) in [5.41, 5.74) is 7.49. The number of amides is 1. The van der Waals surface area contributed by atoms with E-state index in [1.807, 2.05) is 17.0 Å². The van der Waals surface area contributed by atoms with Gasteiger partial charge in [0.2, 0.25) is 5.91 Å². The molecule has 1 amide bonds. The van der Waals surface area contributed by atoms with Crippen LogP contribution >= 0.6 is 0 Å². The van der Waals surface area contributed by atoms with Crippen LogP contribution in [0.15, 0.2) is 29.0 Å². The Kier molecular flexibility index (Phi) is 3.45. The number of furan rings is 1. The molecular formula is C14H18N4O2. The van der Waals surface area contributed by atoms with Gasteiger partial charge in [0.15, 0.2) is 0 Å². The van der Waals surface area contributed by atoms with Crippen LogP contribution < -0.4 is 5.73 Å². The number of hydrogen-bond acceptors (Lipinski definition) is 4. The molecule has 106 valence electrons. The molecule has 0 radical (unpaired) electrons. The number of aromatic nitrogens is 2. The summed E-state index contributed by atoms with van der Waals surface area (Å²) in [7, 11) is 0. The Morgan fingerprint density at radius 3 is 3.20 bits per heavy atom. The Balaban J connectivity index is 1.54. The SMILES string of the molecule is Nc1cn[nH]c1C1CCN(C(=O)CCc2ccco2)C1. The highest BCUT2D eigenvalue weighted by atomic mass is 16.3. The van der Waals surface area contributed by atoms with Crippen LogP contribution in [-0.4, -0.2) is 34.1 Å². The number of H-pyrrole nitrogens is 1. The first-order valence-electron chi connectivity index (χ1n) is 6.83. The van der Waals surface area contributed by atoms with Crippen LogP contribution in [0.4, 0.5) is 5.69 Å². The summed E-state index contributed by atoms with van der Waals surface area (Å²) in [5.74, 6) is 1.29. The van der Waals surface area contributed by atoms with Crippen LogP contribution in [-0.2, 0) is 11.2 Å². The van der Waals surface area contributed by atoms with Crippen molar-refractivity contribution in [3.63, 3.8) is 0 Å². The third-order valence-corrected chi connectivity index (χ3v) is 3.81. The van der Waals surface area contributed by atoms with Gasteiger partial charge in [0.25, 0.3) is 0 Å². The van der Waals surface area contributed by atoms with Crippen LogP contribution in [0.25, 0.3) is 0 Å². The van der Waals surface area contributed by atoms with Crippen LogP contribution in [0.1, 0.15) is 30.2 Å². The van der Waals surface area contributed by atoms with E-state index in [2.05, 4.69) is 10.2 Å². The molecule has 1 unspecified atom stereocenters. The summed E-state index contributed by atoms with van der Waals surface area (Å²) in [6, 6.07) is 3.73. The van der Waals surface area contributed by atoms with Gasteiger partial charge < -0.3 is 15.1 Å². The van der Waals surface area contributed by atoms with E-state index >= 15 is 0 Å². The number of nitrogens with two attached hydrogens (primary N) is 1. The van der Waals surface area contributed by atoms with Gasteiger partial charge in [0.05, 0.1) is 23.8 Å². The zero-order valence-electron chi connectivity index (χ0n) is 11.2. The Morgan fingerprint density at radius 2 is 2.50 bits per heavy atom. The molecule has 2 aromatic rings. The first kappa shape index (κ1) is 12.8. The van der Waals surface area contributed by atoms with E-state index in [4.69, 9.17) is 10.2 Å². The van der Waals surface area contributed by atoms with Gasteiger partial charge in [-0.3, -0.25) is 9.89 Å². The van der Waals surface area contributed by atoms with Crippen molar-refractivity contribution in [3.05, 3.63) is 36.0 Å². The van der Waals surface area contributed by atoms with Gasteiger partial charge in [0, 0.05) is 31.8 Å². The molecule has 20 heavy (non-hydrogen) atoms. The standard InChI is InChI=1S/C14H18N4O2/c15-12-8-16-17-14(12)10-5-6-18(9-10)13(19)4-3-11-2-1-7-20-11/h1-2,7-8,10H,3-6,9,15H2,(H,16,17). The third-order valence-electron chi connectivity index (χ3n) is 3.81. The fraction of sp³-hybridized carbons (Fsp3) is 0.429.